The Kier molecular flexibility index (Phi) is 8.87. The Bertz CT molecular complexity index is 1290. The van der Waals surface area contributed by atoms with E-state index in [-0.39, 0.29) is 11.5 Å². The lowest BCUT2D eigenvalue weighted by atomic mass is 9.98. The maximum absolute atomic E-state index is 13.5. The molecule has 4 rings (SSSR count). The van der Waals surface area contributed by atoms with Crippen molar-refractivity contribution in [3.05, 3.63) is 82.9 Å². The predicted molar refractivity (Wildman–Crippen MR) is 157 cm³/mol. The molecule has 1 N–H and O–H groups in total. The summed E-state index contributed by atoms with van der Waals surface area (Å²) < 4.78 is 6.12. The molecule has 0 aromatic heterocycles. The van der Waals surface area contributed by atoms with Gasteiger partial charge >= 0.3 is 0 Å². The molecule has 0 spiro atoms. The molecule has 0 amide bonds. The normalized spacial score (nSPS) is 14.4. The molecule has 0 radical (unpaired) electrons. The molecule has 3 aromatic rings. The summed E-state index contributed by atoms with van der Waals surface area (Å²) >= 11 is 0. The van der Waals surface area contributed by atoms with Crippen LogP contribution >= 0.6 is 0 Å². The number of ketones is 1. The molecule has 0 saturated carbocycles. The number of carbonyl (C=O) groups excluding carboxylic acids is 1. The molecule has 0 aliphatic carbocycles. The second-order valence-electron chi connectivity index (χ2n) is 10.5. The highest BCUT2D eigenvalue weighted by Gasteiger charge is 2.20. The van der Waals surface area contributed by atoms with Gasteiger partial charge in [0.25, 0.3) is 0 Å². The highest BCUT2D eigenvalue weighted by Crippen LogP contribution is 2.31. The van der Waals surface area contributed by atoms with Crippen LogP contribution in [0.5, 0.6) is 11.5 Å². The van der Waals surface area contributed by atoms with Crippen molar-refractivity contribution >= 4 is 17.5 Å². The Morgan fingerprint density at radius 3 is 2.34 bits per heavy atom. The van der Waals surface area contributed by atoms with Crippen molar-refractivity contribution in [3.8, 4) is 22.6 Å². The Hall–Kier alpha value is -3.61. The minimum Gasteiger partial charge on any atom is -0.508 e. The second-order valence-corrected chi connectivity index (χ2v) is 10.5. The summed E-state index contributed by atoms with van der Waals surface area (Å²) in [6, 6.07) is 17.7. The number of benzene rings is 3. The molecular formula is C32H39N3O3. The van der Waals surface area contributed by atoms with E-state index >= 15 is 0 Å². The highest BCUT2D eigenvalue weighted by molar-refractivity contribution is 6.10. The fourth-order valence-corrected chi connectivity index (χ4v) is 4.76. The zero-order valence-electron chi connectivity index (χ0n) is 23.2. The Labute approximate surface area is 226 Å². The average molecular weight is 514 g/mol. The van der Waals surface area contributed by atoms with Gasteiger partial charge in [-0.1, -0.05) is 35.4 Å². The molecule has 1 aliphatic rings. The first kappa shape index (κ1) is 27.4. The first-order valence-corrected chi connectivity index (χ1v) is 13.2. The van der Waals surface area contributed by atoms with Crippen molar-refractivity contribution in [2.45, 2.75) is 13.8 Å². The van der Waals surface area contributed by atoms with Gasteiger partial charge in [0.15, 0.2) is 5.78 Å². The first-order chi connectivity index (χ1) is 18.2. The molecule has 38 heavy (non-hydrogen) atoms. The zero-order chi connectivity index (χ0) is 27.2. The number of phenolic OH excluding ortho intramolecular Hbond substituents is 1. The van der Waals surface area contributed by atoms with Gasteiger partial charge in [-0.2, -0.15) is 0 Å². The van der Waals surface area contributed by atoms with Crippen LogP contribution in [0.1, 0.15) is 27.0 Å². The van der Waals surface area contributed by atoms with E-state index in [1.807, 2.05) is 26.2 Å². The summed E-state index contributed by atoms with van der Waals surface area (Å²) in [5, 5.41) is 10.2. The van der Waals surface area contributed by atoms with Crippen molar-refractivity contribution in [3.63, 3.8) is 0 Å². The summed E-state index contributed by atoms with van der Waals surface area (Å²) in [5.41, 5.74) is 6.85. The molecule has 1 saturated heterocycles. The van der Waals surface area contributed by atoms with Gasteiger partial charge in [0.05, 0.1) is 5.69 Å². The maximum Gasteiger partial charge on any atom is 0.187 e. The van der Waals surface area contributed by atoms with E-state index in [0.717, 1.165) is 60.9 Å². The number of ether oxygens (including phenoxy) is 1. The van der Waals surface area contributed by atoms with Gasteiger partial charge in [0, 0.05) is 49.9 Å². The molecule has 1 heterocycles. The minimum atomic E-state index is -0.102. The number of anilines is 1. The number of rotatable bonds is 9. The van der Waals surface area contributed by atoms with E-state index in [1.165, 1.54) is 11.1 Å². The number of carbonyl (C=O) groups is 1. The molecule has 3 aromatic carbocycles. The number of allylic oxidation sites excluding steroid dienone is 1. The summed E-state index contributed by atoms with van der Waals surface area (Å²) in [6.07, 6.45) is 3.46. The fraction of sp³-hybridized carbons (Fsp3) is 0.344. The number of aryl methyl sites for hydroxylation is 2. The first-order valence-electron chi connectivity index (χ1n) is 13.2. The number of phenols is 1. The van der Waals surface area contributed by atoms with Crippen LogP contribution in [0.2, 0.25) is 0 Å². The molecule has 1 aliphatic heterocycles. The quantitative estimate of drug-likeness (QED) is 0.311. The number of aromatic hydroxyl groups is 1. The van der Waals surface area contributed by atoms with Crippen LogP contribution in [0.25, 0.3) is 17.2 Å². The third-order valence-electron chi connectivity index (χ3n) is 6.87. The largest absolute Gasteiger partial charge is 0.508 e. The van der Waals surface area contributed by atoms with E-state index in [4.69, 9.17) is 4.74 Å². The molecule has 0 unspecified atom stereocenters. The second kappa shape index (κ2) is 12.3. The summed E-state index contributed by atoms with van der Waals surface area (Å²) in [7, 11) is 6.13. The van der Waals surface area contributed by atoms with E-state index in [9.17, 15) is 9.90 Å². The Morgan fingerprint density at radius 2 is 1.66 bits per heavy atom. The topological polar surface area (TPSA) is 56.2 Å². The van der Waals surface area contributed by atoms with Gasteiger partial charge in [-0.25, -0.2) is 0 Å². The SMILES string of the molecule is Cc1cc(C)cc(-c2ccc(OCCN(C)C)c(C=CC(=O)c3ccc(O)cc3N3CCN(C)CC3)c2)c1. The third kappa shape index (κ3) is 7.03. The van der Waals surface area contributed by atoms with Crippen LogP contribution < -0.4 is 9.64 Å². The van der Waals surface area contributed by atoms with Crippen molar-refractivity contribution < 1.29 is 14.6 Å². The molecule has 0 bridgehead atoms. The minimum absolute atomic E-state index is 0.102. The Balaban J connectivity index is 1.65. The van der Waals surface area contributed by atoms with E-state index in [1.54, 1.807) is 24.3 Å². The average Bonchev–Trinajstić information content (AvgIpc) is 2.87. The molecule has 200 valence electrons. The lowest BCUT2D eigenvalue weighted by Crippen LogP contribution is -2.44. The van der Waals surface area contributed by atoms with Crippen LogP contribution in [0, 0.1) is 13.8 Å². The van der Waals surface area contributed by atoms with Gasteiger partial charge < -0.3 is 24.5 Å². The van der Waals surface area contributed by atoms with E-state index in [0.29, 0.717) is 12.2 Å². The third-order valence-corrected chi connectivity index (χ3v) is 6.87. The lowest BCUT2D eigenvalue weighted by molar-refractivity contribution is 0.104. The monoisotopic (exact) mass is 513 g/mol. The van der Waals surface area contributed by atoms with Gasteiger partial charge in [0.1, 0.15) is 18.1 Å². The van der Waals surface area contributed by atoms with Gasteiger partial charge in [0.2, 0.25) is 0 Å². The van der Waals surface area contributed by atoms with Crippen LogP contribution in [-0.4, -0.2) is 81.2 Å². The molecule has 1 fully saturated rings. The summed E-state index contributed by atoms with van der Waals surface area (Å²) in [4.78, 5) is 20.0. The molecule has 0 atom stereocenters. The van der Waals surface area contributed by atoms with Crippen molar-refractivity contribution in [1.82, 2.24) is 9.80 Å². The van der Waals surface area contributed by atoms with Crippen molar-refractivity contribution in [2.75, 3.05) is 65.4 Å². The fourth-order valence-electron chi connectivity index (χ4n) is 4.76. The van der Waals surface area contributed by atoms with Crippen molar-refractivity contribution in [2.24, 2.45) is 0 Å². The molecule has 6 heteroatoms. The predicted octanol–water partition coefficient (Wildman–Crippen LogP) is 5.26. The lowest BCUT2D eigenvalue weighted by Gasteiger charge is -2.35. The van der Waals surface area contributed by atoms with Gasteiger partial charge in [-0.3, -0.25) is 4.79 Å². The Morgan fingerprint density at radius 1 is 0.947 bits per heavy atom. The van der Waals surface area contributed by atoms with Crippen LogP contribution in [0.4, 0.5) is 5.69 Å². The summed E-state index contributed by atoms with van der Waals surface area (Å²) in [5.74, 6) is 0.807. The van der Waals surface area contributed by atoms with Crippen molar-refractivity contribution in [1.29, 1.82) is 0 Å². The number of piperazine rings is 1. The zero-order valence-corrected chi connectivity index (χ0v) is 23.2. The van der Waals surface area contributed by atoms with Crippen LogP contribution in [-0.2, 0) is 0 Å². The van der Waals surface area contributed by atoms with Gasteiger partial charge in [-0.15, -0.1) is 0 Å². The number of hydrogen-bond acceptors (Lipinski definition) is 6. The smallest absolute Gasteiger partial charge is 0.187 e. The van der Waals surface area contributed by atoms with E-state index < -0.39 is 0 Å². The number of nitrogens with zero attached hydrogens (tertiary/aromatic N) is 3. The number of hydrogen-bond donors (Lipinski definition) is 1. The molecular weight excluding hydrogens is 474 g/mol. The van der Waals surface area contributed by atoms with Crippen LogP contribution in [0.15, 0.2) is 60.7 Å². The number of likely N-dealkylation sites (N-methyl/N-ethyl adjacent to an activating group) is 2. The maximum atomic E-state index is 13.5. The molecule has 6 nitrogen and oxygen atoms in total. The highest BCUT2D eigenvalue weighted by atomic mass is 16.5. The van der Waals surface area contributed by atoms with Gasteiger partial charge in [-0.05, 0) is 82.5 Å². The standard InChI is InChI=1S/C32H39N3O3/c1-23-18-24(2)20-27(19-23)25-7-11-32(38-17-16-33(3)4)26(21-25)6-10-31(37)29-9-8-28(36)22-30(29)35-14-12-34(5)13-15-35/h6-11,18-22,36H,12-17H2,1-5H3. The van der Waals surface area contributed by atoms with Crippen LogP contribution in [0.3, 0.4) is 0 Å². The summed E-state index contributed by atoms with van der Waals surface area (Å²) in [6.45, 7) is 9.00. The van der Waals surface area contributed by atoms with E-state index in [2.05, 4.69) is 65.9 Å².